The van der Waals surface area contributed by atoms with Gasteiger partial charge < -0.3 is 10.5 Å². The standard InChI is InChI=1S/C14H19ClN2O2/c1-10-8-17(9-11(10)14(16)18)6-7-19-13-5-3-2-4-12(13)15/h2-5,10-11H,6-9H2,1H3,(H2,16,18)/t10-,11-/m1/s1. The van der Waals surface area contributed by atoms with Crippen molar-refractivity contribution in [3.05, 3.63) is 29.3 Å². The normalized spacial score (nSPS) is 23.5. The number of hydrogen-bond acceptors (Lipinski definition) is 3. The first-order chi connectivity index (χ1) is 9.08. The summed E-state index contributed by atoms with van der Waals surface area (Å²) in [5, 5.41) is 0.618. The van der Waals surface area contributed by atoms with Crippen molar-refractivity contribution in [2.45, 2.75) is 6.92 Å². The Labute approximate surface area is 118 Å². The van der Waals surface area contributed by atoms with Crippen LogP contribution >= 0.6 is 11.6 Å². The number of primary amides is 1. The molecule has 1 fully saturated rings. The van der Waals surface area contributed by atoms with Gasteiger partial charge in [0.1, 0.15) is 12.4 Å². The molecule has 1 heterocycles. The van der Waals surface area contributed by atoms with Crippen LogP contribution in [0.15, 0.2) is 24.3 Å². The van der Waals surface area contributed by atoms with Gasteiger partial charge in [0.25, 0.3) is 0 Å². The number of nitrogens with zero attached hydrogens (tertiary/aromatic N) is 1. The molecule has 0 unspecified atom stereocenters. The minimum atomic E-state index is -0.206. The zero-order valence-corrected chi connectivity index (χ0v) is 11.8. The van der Waals surface area contributed by atoms with Gasteiger partial charge in [-0.25, -0.2) is 0 Å². The lowest BCUT2D eigenvalue weighted by molar-refractivity contribution is -0.122. The summed E-state index contributed by atoms with van der Waals surface area (Å²) in [6.07, 6.45) is 0. The zero-order valence-electron chi connectivity index (χ0n) is 11.0. The van der Waals surface area contributed by atoms with Gasteiger partial charge in [0, 0.05) is 19.6 Å². The molecule has 5 heteroatoms. The number of rotatable bonds is 5. The Morgan fingerprint density at radius 3 is 2.84 bits per heavy atom. The smallest absolute Gasteiger partial charge is 0.222 e. The first-order valence-corrected chi connectivity index (χ1v) is 6.84. The highest BCUT2D eigenvalue weighted by Gasteiger charge is 2.32. The molecule has 1 aromatic carbocycles. The Kier molecular flexibility index (Phi) is 4.66. The molecule has 1 saturated heterocycles. The van der Waals surface area contributed by atoms with Crippen molar-refractivity contribution in [1.82, 2.24) is 4.90 Å². The summed E-state index contributed by atoms with van der Waals surface area (Å²) in [4.78, 5) is 13.4. The van der Waals surface area contributed by atoms with Gasteiger partial charge >= 0.3 is 0 Å². The number of amides is 1. The van der Waals surface area contributed by atoms with Crippen molar-refractivity contribution < 1.29 is 9.53 Å². The third-order valence-electron chi connectivity index (χ3n) is 3.56. The van der Waals surface area contributed by atoms with Crippen molar-refractivity contribution in [3.63, 3.8) is 0 Å². The average Bonchev–Trinajstić information content (AvgIpc) is 2.73. The van der Waals surface area contributed by atoms with E-state index in [4.69, 9.17) is 22.1 Å². The summed E-state index contributed by atoms with van der Waals surface area (Å²) in [6.45, 7) is 5.01. The molecule has 104 valence electrons. The fourth-order valence-electron chi connectivity index (χ4n) is 2.47. The second-order valence-electron chi connectivity index (χ2n) is 5.02. The highest BCUT2D eigenvalue weighted by atomic mass is 35.5. The summed E-state index contributed by atoms with van der Waals surface area (Å²) in [5.41, 5.74) is 5.38. The summed E-state index contributed by atoms with van der Waals surface area (Å²) >= 11 is 6.01. The third kappa shape index (κ3) is 3.61. The molecule has 2 atom stereocenters. The van der Waals surface area contributed by atoms with Crippen molar-refractivity contribution in [2.75, 3.05) is 26.2 Å². The molecule has 2 N–H and O–H groups in total. The molecule has 0 spiro atoms. The first-order valence-electron chi connectivity index (χ1n) is 6.47. The van der Waals surface area contributed by atoms with E-state index in [0.29, 0.717) is 23.3 Å². The minimum Gasteiger partial charge on any atom is -0.491 e. The molecule has 0 radical (unpaired) electrons. The predicted molar refractivity (Wildman–Crippen MR) is 75.2 cm³/mol. The van der Waals surface area contributed by atoms with E-state index in [1.165, 1.54) is 0 Å². The van der Waals surface area contributed by atoms with Crippen LogP contribution in [0, 0.1) is 11.8 Å². The lowest BCUT2D eigenvalue weighted by Gasteiger charge is -2.16. The van der Waals surface area contributed by atoms with Gasteiger partial charge in [0.2, 0.25) is 5.91 Å². The molecule has 0 aromatic heterocycles. The van der Waals surface area contributed by atoms with E-state index in [-0.39, 0.29) is 11.8 Å². The molecule has 1 aromatic rings. The van der Waals surface area contributed by atoms with E-state index in [2.05, 4.69) is 11.8 Å². The zero-order chi connectivity index (χ0) is 13.8. The van der Waals surface area contributed by atoms with Gasteiger partial charge in [-0.05, 0) is 18.1 Å². The maximum absolute atomic E-state index is 11.2. The van der Waals surface area contributed by atoms with Gasteiger partial charge in [0.15, 0.2) is 0 Å². The van der Waals surface area contributed by atoms with Gasteiger partial charge in [0.05, 0.1) is 10.9 Å². The van der Waals surface area contributed by atoms with Crippen LogP contribution in [0.1, 0.15) is 6.92 Å². The summed E-state index contributed by atoms with van der Waals surface area (Å²) in [7, 11) is 0. The molecule has 0 saturated carbocycles. The second-order valence-corrected chi connectivity index (χ2v) is 5.43. The minimum absolute atomic E-state index is 0.0414. The quantitative estimate of drug-likeness (QED) is 0.895. The Hall–Kier alpha value is -1.26. The first kappa shape index (κ1) is 14.2. The predicted octanol–water partition coefficient (Wildman–Crippen LogP) is 1.77. The summed E-state index contributed by atoms with van der Waals surface area (Å²) in [6, 6.07) is 7.41. The van der Waals surface area contributed by atoms with E-state index < -0.39 is 0 Å². The van der Waals surface area contributed by atoms with Gasteiger partial charge in [-0.3, -0.25) is 9.69 Å². The van der Waals surface area contributed by atoms with Crippen LogP contribution in [0.3, 0.4) is 0 Å². The van der Waals surface area contributed by atoms with E-state index in [0.717, 1.165) is 19.6 Å². The molecule has 19 heavy (non-hydrogen) atoms. The maximum Gasteiger partial charge on any atom is 0.222 e. The molecule has 4 nitrogen and oxygen atoms in total. The fourth-order valence-corrected chi connectivity index (χ4v) is 2.66. The number of nitrogens with two attached hydrogens (primary N) is 1. The Balaban J connectivity index is 1.78. The number of benzene rings is 1. The summed E-state index contributed by atoms with van der Waals surface area (Å²) < 4.78 is 5.64. The molecule has 0 bridgehead atoms. The van der Waals surface area contributed by atoms with Crippen molar-refractivity contribution >= 4 is 17.5 Å². The number of carbonyl (C=O) groups is 1. The van der Waals surface area contributed by atoms with E-state index in [1.54, 1.807) is 6.07 Å². The van der Waals surface area contributed by atoms with Crippen LogP contribution in [0.25, 0.3) is 0 Å². The van der Waals surface area contributed by atoms with E-state index >= 15 is 0 Å². The molecule has 0 aliphatic carbocycles. The third-order valence-corrected chi connectivity index (χ3v) is 3.87. The maximum atomic E-state index is 11.2. The number of likely N-dealkylation sites (tertiary alicyclic amines) is 1. The summed E-state index contributed by atoms with van der Waals surface area (Å²) in [5.74, 6) is 0.767. The molecule has 1 amide bonds. The van der Waals surface area contributed by atoms with Crippen molar-refractivity contribution in [1.29, 1.82) is 0 Å². The Morgan fingerprint density at radius 2 is 2.21 bits per heavy atom. The molecule has 1 aliphatic rings. The number of para-hydroxylation sites is 1. The molecular weight excluding hydrogens is 264 g/mol. The number of halogens is 1. The fraction of sp³-hybridized carbons (Fsp3) is 0.500. The monoisotopic (exact) mass is 282 g/mol. The number of carbonyl (C=O) groups excluding carboxylic acids is 1. The van der Waals surface area contributed by atoms with Gasteiger partial charge in [-0.2, -0.15) is 0 Å². The highest BCUT2D eigenvalue weighted by molar-refractivity contribution is 6.32. The molecule has 2 rings (SSSR count). The van der Waals surface area contributed by atoms with Crippen LogP contribution in [0.2, 0.25) is 5.02 Å². The Morgan fingerprint density at radius 1 is 1.47 bits per heavy atom. The lowest BCUT2D eigenvalue weighted by Crippen LogP contribution is -2.30. The second kappa shape index (κ2) is 6.26. The van der Waals surface area contributed by atoms with Crippen LogP contribution < -0.4 is 10.5 Å². The van der Waals surface area contributed by atoms with Crippen molar-refractivity contribution in [3.8, 4) is 5.75 Å². The van der Waals surface area contributed by atoms with Gasteiger partial charge in [-0.15, -0.1) is 0 Å². The van der Waals surface area contributed by atoms with E-state index in [9.17, 15) is 4.79 Å². The average molecular weight is 283 g/mol. The number of hydrogen-bond donors (Lipinski definition) is 1. The molecular formula is C14H19ClN2O2. The Bertz CT molecular complexity index is 453. The van der Waals surface area contributed by atoms with Crippen LogP contribution in [0.4, 0.5) is 0 Å². The van der Waals surface area contributed by atoms with Gasteiger partial charge in [-0.1, -0.05) is 30.7 Å². The largest absolute Gasteiger partial charge is 0.491 e. The van der Waals surface area contributed by atoms with E-state index in [1.807, 2.05) is 18.2 Å². The molecule has 1 aliphatic heterocycles. The van der Waals surface area contributed by atoms with Crippen molar-refractivity contribution in [2.24, 2.45) is 17.6 Å². The highest BCUT2D eigenvalue weighted by Crippen LogP contribution is 2.24. The van der Waals surface area contributed by atoms with Crippen LogP contribution in [-0.2, 0) is 4.79 Å². The van der Waals surface area contributed by atoms with Crippen LogP contribution in [-0.4, -0.2) is 37.0 Å². The topological polar surface area (TPSA) is 55.6 Å². The number of ether oxygens (including phenoxy) is 1. The SMILES string of the molecule is C[C@@H]1CN(CCOc2ccccc2Cl)C[C@H]1C(N)=O. The van der Waals surface area contributed by atoms with Crippen LogP contribution in [0.5, 0.6) is 5.75 Å². The lowest BCUT2D eigenvalue weighted by atomic mass is 9.98.